The van der Waals surface area contributed by atoms with E-state index in [4.69, 9.17) is 16.3 Å². The molecule has 4 heteroatoms. The number of fused-ring (bicyclic) bond motifs is 1. The summed E-state index contributed by atoms with van der Waals surface area (Å²) in [5.74, 6) is 0.926. The zero-order valence-corrected chi connectivity index (χ0v) is 17.8. The van der Waals surface area contributed by atoms with Gasteiger partial charge in [-0.05, 0) is 48.8 Å². The van der Waals surface area contributed by atoms with Gasteiger partial charge in [0.15, 0.2) is 0 Å². The average Bonchev–Trinajstić information content (AvgIpc) is 3.21. The second-order valence-electron chi connectivity index (χ2n) is 7.70. The molecule has 3 aromatic rings. The Kier molecular flexibility index (Phi) is 6.70. The summed E-state index contributed by atoms with van der Waals surface area (Å²) in [5, 5.41) is 6.93. The molecule has 1 heterocycles. The number of halogens is 1. The van der Waals surface area contributed by atoms with E-state index < -0.39 is 0 Å². The lowest BCUT2D eigenvalue weighted by Gasteiger charge is -2.23. The van der Waals surface area contributed by atoms with Crippen molar-refractivity contribution >= 4 is 22.4 Å². The van der Waals surface area contributed by atoms with Gasteiger partial charge in [-0.2, -0.15) is 0 Å². The van der Waals surface area contributed by atoms with Crippen LogP contribution in [0.3, 0.4) is 0 Å². The molecule has 0 aliphatic carbocycles. The van der Waals surface area contributed by atoms with Crippen LogP contribution in [0, 0.1) is 0 Å². The lowest BCUT2D eigenvalue weighted by molar-refractivity contribution is 0.259. The Morgan fingerprint density at radius 1 is 1.07 bits per heavy atom. The normalized spacial score (nSPS) is 17.1. The van der Waals surface area contributed by atoms with Gasteiger partial charge in [0.2, 0.25) is 0 Å². The molecule has 1 atom stereocenters. The summed E-state index contributed by atoms with van der Waals surface area (Å²) in [6.07, 6.45) is 2.59. The number of hydrogen-bond donors (Lipinski definition) is 1. The van der Waals surface area contributed by atoms with Crippen LogP contribution in [0.2, 0.25) is 5.02 Å². The van der Waals surface area contributed by atoms with Crippen molar-refractivity contribution in [2.75, 3.05) is 19.6 Å². The summed E-state index contributed by atoms with van der Waals surface area (Å²) in [6, 6.07) is 21.2. The van der Waals surface area contributed by atoms with E-state index in [1.807, 2.05) is 24.3 Å². The van der Waals surface area contributed by atoms with Crippen molar-refractivity contribution in [1.29, 1.82) is 0 Å². The van der Waals surface area contributed by atoms with Crippen molar-refractivity contribution in [2.45, 2.75) is 39.0 Å². The zero-order chi connectivity index (χ0) is 20.1. The summed E-state index contributed by atoms with van der Waals surface area (Å²) >= 11 is 6.31. The molecule has 29 heavy (non-hydrogen) atoms. The Balaban J connectivity index is 1.52. The molecule has 1 N–H and O–H groups in total. The van der Waals surface area contributed by atoms with Crippen LogP contribution >= 0.6 is 11.6 Å². The number of nitrogens with zero attached hydrogens (tertiary/aromatic N) is 1. The van der Waals surface area contributed by atoms with Crippen molar-refractivity contribution in [3.05, 3.63) is 76.8 Å². The molecule has 4 rings (SSSR count). The number of likely N-dealkylation sites (tertiary alicyclic amines) is 1. The maximum Gasteiger partial charge on any atom is 0.124 e. The van der Waals surface area contributed by atoms with Crippen molar-refractivity contribution < 1.29 is 4.74 Å². The minimum atomic E-state index is 0.469. The van der Waals surface area contributed by atoms with Crippen molar-refractivity contribution in [3.8, 4) is 5.75 Å². The Bertz CT molecular complexity index is 958. The number of hydrogen-bond acceptors (Lipinski definition) is 3. The van der Waals surface area contributed by atoms with Gasteiger partial charge in [0.05, 0.1) is 0 Å². The first-order chi connectivity index (χ1) is 14.3. The van der Waals surface area contributed by atoms with Crippen LogP contribution < -0.4 is 10.1 Å². The third kappa shape index (κ3) is 4.75. The van der Waals surface area contributed by atoms with E-state index >= 15 is 0 Å². The second-order valence-corrected chi connectivity index (χ2v) is 8.11. The van der Waals surface area contributed by atoms with Crippen LogP contribution in [0.25, 0.3) is 10.8 Å². The first-order valence-corrected chi connectivity index (χ1v) is 11.0. The molecule has 0 bridgehead atoms. The monoisotopic (exact) mass is 408 g/mol. The molecule has 1 aliphatic rings. The van der Waals surface area contributed by atoms with Gasteiger partial charge in [-0.1, -0.05) is 67.1 Å². The fourth-order valence-electron chi connectivity index (χ4n) is 4.31. The first kappa shape index (κ1) is 20.2. The van der Waals surface area contributed by atoms with Crippen LogP contribution in [-0.2, 0) is 13.2 Å². The van der Waals surface area contributed by atoms with Gasteiger partial charge in [0.1, 0.15) is 12.4 Å². The van der Waals surface area contributed by atoms with Gasteiger partial charge in [0, 0.05) is 35.3 Å². The minimum Gasteiger partial charge on any atom is -0.488 e. The zero-order valence-electron chi connectivity index (χ0n) is 17.0. The standard InChI is InChI=1S/C25H29ClN2O/c1-2-28-15-7-10-21(28)16-27-17-23-22-11-5-3-8-19(22)13-14-25(23)29-18-20-9-4-6-12-24(20)26/h3-6,8-9,11-14,21,27H,2,7,10,15-18H2,1H3/t21-/m0/s1. The maximum atomic E-state index is 6.31. The number of ether oxygens (including phenoxy) is 1. The van der Waals surface area contributed by atoms with Crippen LogP contribution in [0.5, 0.6) is 5.75 Å². The lowest BCUT2D eigenvalue weighted by Crippen LogP contribution is -2.37. The van der Waals surface area contributed by atoms with E-state index in [0.717, 1.165) is 36.0 Å². The second kappa shape index (κ2) is 9.62. The Labute approximate surface area is 178 Å². The Hall–Kier alpha value is -2.07. The molecule has 1 saturated heterocycles. The average molecular weight is 409 g/mol. The van der Waals surface area contributed by atoms with Crippen LogP contribution in [0.15, 0.2) is 60.7 Å². The summed E-state index contributed by atoms with van der Waals surface area (Å²) in [6.45, 7) is 6.89. The molecule has 0 radical (unpaired) electrons. The predicted molar refractivity (Wildman–Crippen MR) is 122 cm³/mol. The smallest absolute Gasteiger partial charge is 0.124 e. The number of likely N-dealkylation sites (N-methyl/N-ethyl adjacent to an activating group) is 1. The molecule has 1 fully saturated rings. The summed E-state index contributed by atoms with van der Waals surface area (Å²) in [4.78, 5) is 2.57. The highest BCUT2D eigenvalue weighted by Crippen LogP contribution is 2.29. The summed E-state index contributed by atoms with van der Waals surface area (Å²) in [7, 11) is 0. The van der Waals surface area contributed by atoms with E-state index in [2.05, 4.69) is 53.5 Å². The van der Waals surface area contributed by atoms with Gasteiger partial charge >= 0.3 is 0 Å². The molecule has 1 aliphatic heterocycles. The van der Waals surface area contributed by atoms with Crippen molar-refractivity contribution in [2.24, 2.45) is 0 Å². The third-order valence-corrected chi connectivity index (χ3v) is 6.29. The molecular formula is C25H29ClN2O. The molecule has 3 aromatic carbocycles. The highest BCUT2D eigenvalue weighted by molar-refractivity contribution is 6.31. The van der Waals surface area contributed by atoms with Crippen LogP contribution in [-0.4, -0.2) is 30.6 Å². The number of rotatable bonds is 8. The molecule has 0 amide bonds. The van der Waals surface area contributed by atoms with E-state index in [-0.39, 0.29) is 0 Å². The minimum absolute atomic E-state index is 0.469. The molecule has 0 spiro atoms. The third-order valence-electron chi connectivity index (χ3n) is 5.93. The fourth-order valence-corrected chi connectivity index (χ4v) is 4.50. The highest BCUT2D eigenvalue weighted by Gasteiger charge is 2.22. The molecule has 0 saturated carbocycles. The molecular weight excluding hydrogens is 380 g/mol. The molecule has 0 unspecified atom stereocenters. The van der Waals surface area contributed by atoms with Gasteiger partial charge in [-0.15, -0.1) is 0 Å². The fraction of sp³-hybridized carbons (Fsp3) is 0.360. The SMILES string of the molecule is CCN1CCC[C@H]1CNCc1c(OCc2ccccc2Cl)ccc2ccccc12. The van der Waals surface area contributed by atoms with Crippen LogP contribution in [0.1, 0.15) is 30.9 Å². The lowest BCUT2D eigenvalue weighted by atomic mass is 10.0. The summed E-state index contributed by atoms with van der Waals surface area (Å²) in [5.41, 5.74) is 2.22. The van der Waals surface area contributed by atoms with Gasteiger partial charge in [-0.25, -0.2) is 0 Å². The quantitative estimate of drug-likeness (QED) is 0.521. The van der Waals surface area contributed by atoms with E-state index in [1.165, 1.54) is 35.7 Å². The van der Waals surface area contributed by atoms with E-state index in [9.17, 15) is 0 Å². The van der Waals surface area contributed by atoms with Gasteiger partial charge in [-0.3, -0.25) is 4.90 Å². The Morgan fingerprint density at radius 3 is 2.76 bits per heavy atom. The number of benzene rings is 3. The Morgan fingerprint density at radius 2 is 1.90 bits per heavy atom. The predicted octanol–water partition coefficient (Wildman–Crippen LogP) is 5.65. The van der Waals surface area contributed by atoms with Gasteiger partial charge < -0.3 is 10.1 Å². The maximum absolute atomic E-state index is 6.31. The first-order valence-electron chi connectivity index (χ1n) is 10.6. The van der Waals surface area contributed by atoms with Crippen LogP contribution in [0.4, 0.5) is 0 Å². The highest BCUT2D eigenvalue weighted by atomic mass is 35.5. The number of nitrogens with one attached hydrogen (secondary N) is 1. The van der Waals surface area contributed by atoms with Gasteiger partial charge in [0.25, 0.3) is 0 Å². The van der Waals surface area contributed by atoms with Crippen molar-refractivity contribution in [3.63, 3.8) is 0 Å². The molecule has 0 aromatic heterocycles. The largest absolute Gasteiger partial charge is 0.488 e. The van der Waals surface area contributed by atoms with Crippen molar-refractivity contribution in [1.82, 2.24) is 10.2 Å². The summed E-state index contributed by atoms with van der Waals surface area (Å²) < 4.78 is 6.24. The molecule has 3 nitrogen and oxygen atoms in total. The molecule has 152 valence electrons. The van der Waals surface area contributed by atoms with E-state index in [1.54, 1.807) is 0 Å². The van der Waals surface area contributed by atoms with E-state index in [0.29, 0.717) is 12.6 Å². The topological polar surface area (TPSA) is 24.5 Å².